The molecule has 0 amide bonds. The fourth-order valence-corrected chi connectivity index (χ4v) is 3.25. The van der Waals surface area contributed by atoms with Gasteiger partial charge in [0.25, 0.3) is 0 Å². The van der Waals surface area contributed by atoms with E-state index in [4.69, 9.17) is 0 Å². The number of ketones is 1. The van der Waals surface area contributed by atoms with Crippen LogP contribution in [0.5, 0.6) is 11.5 Å². The van der Waals surface area contributed by atoms with Crippen molar-refractivity contribution in [3.05, 3.63) is 69.9 Å². The number of phenols is 2. The van der Waals surface area contributed by atoms with Crippen LogP contribution >= 0.6 is 0 Å². The van der Waals surface area contributed by atoms with E-state index in [-0.39, 0.29) is 17.3 Å². The van der Waals surface area contributed by atoms with Crippen LogP contribution in [0.2, 0.25) is 0 Å². The highest BCUT2D eigenvalue weighted by Gasteiger charge is 2.07. The summed E-state index contributed by atoms with van der Waals surface area (Å²) in [5.74, 6) is 0.437. The molecule has 164 valence electrons. The molecule has 1 aromatic rings. The molecular formula is C27H38O3. The van der Waals surface area contributed by atoms with Gasteiger partial charge in [0.15, 0.2) is 5.78 Å². The molecule has 0 aliphatic heterocycles. The first kappa shape index (κ1) is 25.5. The van der Waals surface area contributed by atoms with E-state index in [0.29, 0.717) is 24.0 Å². The van der Waals surface area contributed by atoms with Gasteiger partial charge in [0.1, 0.15) is 11.5 Å². The summed E-state index contributed by atoms with van der Waals surface area (Å²) < 4.78 is 0. The Bertz CT molecular complexity index is 847. The Kier molecular flexibility index (Phi) is 11.0. The van der Waals surface area contributed by atoms with Crippen molar-refractivity contribution < 1.29 is 15.0 Å². The largest absolute Gasteiger partial charge is 0.508 e. The molecule has 2 N–H and O–H groups in total. The Labute approximate surface area is 182 Å². The van der Waals surface area contributed by atoms with Gasteiger partial charge in [-0.25, -0.2) is 0 Å². The third-order valence-corrected chi connectivity index (χ3v) is 5.02. The van der Waals surface area contributed by atoms with Crippen molar-refractivity contribution in [2.75, 3.05) is 0 Å². The maximum atomic E-state index is 12.3. The fraction of sp³-hybridized carbons (Fsp3) is 0.444. The SMILES string of the molecule is CC(C)=CCC/C(C)=C/CC/C(C)=C/C(=O)C/C(C)=C/Cc1cc(O)cc(C)c1O. The second-order valence-electron chi connectivity index (χ2n) is 8.57. The van der Waals surface area contributed by atoms with Gasteiger partial charge in [-0.15, -0.1) is 0 Å². The Morgan fingerprint density at radius 3 is 2.17 bits per heavy atom. The molecule has 1 rings (SSSR count). The van der Waals surface area contributed by atoms with Gasteiger partial charge in [-0.3, -0.25) is 4.79 Å². The summed E-state index contributed by atoms with van der Waals surface area (Å²) in [4.78, 5) is 12.3. The summed E-state index contributed by atoms with van der Waals surface area (Å²) >= 11 is 0. The lowest BCUT2D eigenvalue weighted by Crippen LogP contribution is -1.96. The third kappa shape index (κ3) is 10.3. The highest BCUT2D eigenvalue weighted by atomic mass is 16.3. The van der Waals surface area contributed by atoms with Crippen molar-refractivity contribution in [2.24, 2.45) is 0 Å². The van der Waals surface area contributed by atoms with Crippen molar-refractivity contribution >= 4 is 5.78 Å². The molecule has 0 saturated heterocycles. The summed E-state index contributed by atoms with van der Waals surface area (Å²) in [5, 5.41) is 19.8. The summed E-state index contributed by atoms with van der Waals surface area (Å²) in [6, 6.07) is 3.10. The molecular weight excluding hydrogens is 372 g/mol. The van der Waals surface area contributed by atoms with Crippen molar-refractivity contribution in [3.8, 4) is 11.5 Å². The zero-order chi connectivity index (χ0) is 22.7. The fourth-order valence-electron chi connectivity index (χ4n) is 3.25. The van der Waals surface area contributed by atoms with E-state index in [0.717, 1.165) is 36.8 Å². The molecule has 0 heterocycles. The summed E-state index contributed by atoms with van der Waals surface area (Å²) in [6.07, 6.45) is 13.1. The monoisotopic (exact) mass is 410 g/mol. The second-order valence-corrected chi connectivity index (χ2v) is 8.57. The molecule has 0 aromatic heterocycles. The predicted molar refractivity (Wildman–Crippen MR) is 127 cm³/mol. The molecule has 1 aromatic carbocycles. The third-order valence-electron chi connectivity index (χ3n) is 5.02. The molecule has 0 saturated carbocycles. The second kappa shape index (κ2) is 12.9. The lowest BCUT2D eigenvalue weighted by Gasteiger charge is -2.07. The van der Waals surface area contributed by atoms with Gasteiger partial charge >= 0.3 is 0 Å². The van der Waals surface area contributed by atoms with Gasteiger partial charge in [0, 0.05) is 12.0 Å². The molecule has 0 atom stereocenters. The molecule has 0 aliphatic rings. The molecule has 0 fully saturated rings. The molecule has 0 aliphatic carbocycles. The Balaban J connectivity index is 2.52. The number of aromatic hydroxyl groups is 2. The zero-order valence-corrected chi connectivity index (χ0v) is 19.5. The minimum absolute atomic E-state index is 0.0989. The van der Waals surface area contributed by atoms with Crippen molar-refractivity contribution in [1.82, 2.24) is 0 Å². The number of allylic oxidation sites excluding steroid dienone is 8. The maximum absolute atomic E-state index is 12.3. The topological polar surface area (TPSA) is 57.5 Å². The Morgan fingerprint density at radius 2 is 1.50 bits per heavy atom. The van der Waals surface area contributed by atoms with Gasteiger partial charge in [0.2, 0.25) is 0 Å². The minimum atomic E-state index is 0.0989. The van der Waals surface area contributed by atoms with Crippen LogP contribution < -0.4 is 0 Å². The molecule has 3 nitrogen and oxygen atoms in total. The average molecular weight is 411 g/mol. The number of phenolic OH excluding ortho intramolecular Hbond substituents is 2. The van der Waals surface area contributed by atoms with Crippen LogP contribution in [0.3, 0.4) is 0 Å². The summed E-state index contributed by atoms with van der Waals surface area (Å²) in [6.45, 7) is 12.1. The molecule has 0 bridgehead atoms. The minimum Gasteiger partial charge on any atom is -0.508 e. The molecule has 0 spiro atoms. The lowest BCUT2D eigenvalue weighted by molar-refractivity contribution is -0.114. The van der Waals surface area contributed by atoms with Crippen LogP contribution in [0.1, 0.15) is 77.8 Å². The highest BCUT2D eigenvalue weighted by molar-refractivity contribution is 5.91. The first-order valence-electron chi connectivity index (χ1n) is 10.7. The molecule has 0 unspecified atom stereocenters. The van der Waals surface area contributed by atoms with Gasteiger partial charge in [-0.05, 0) is 97.4 Å². The molecule has 3 heteroatoms. The molecule has 0 radical (unpaired) electrons. The van der Waals surface area contributed by atoms with Gasteiger partial charge in [0.05, 0.1) is 0 Å². The summed E-state index contributed by atoms with van der Waals surface area (Å²) in [7, 11) is 0. The highest BCUT2D eigenvalue weighted by Crippen LogP contribution is 2.28. The van der Waals surface area contributed by atoms with E-state index in [1.54, 1.807) is 19.1 Å². The van der Waals surface area contributed by atoms with E-state index >= 15 is 0 Å². The van der Waals surface area contributed by atoms with Gasteiger partial charge in [-0.2, -0.15) is 0 Å². The number of aryl methyl sites for hydroxylation is 1. The number of hydrogen-bond donors (Lipinski definition) is 2. The number of rotatable bonds is 11. The Hall–Kier alpha value is -2.55. The van der Waals surface area contributed by atoms with Gasteiger partial charge < -0.3 is 10.2 Å². The first-order valence-corrected chi connectivity index (χ1v) is 10.7. The lowest BCUT2D eigenvalue weighted by atomic mass is 10.0. The average Bonchev–Trinajstić information content (AvgIpc) is 2.62. The summed E-state index contributed by atoms with van der Waals surface area (Å²) in [5.41, 5.74) is 6.13. The number of hydrogen-bond acceptors (Lipinski definition) is 3. The Morgan fingerprint density at radius 1 is 0.867 bits per heavy atom. The van der Waals surface area contributed by atoms with Gasteiger partial charge in [-0.1, -0.05) is 40.5 Å². The van der Waals surface area contributed by atoms with Crippen LogP contribution in [0.4, 0.5) is 0 Å². The van der Waals surface area contributed by atoms with Crippen LogP contribution in [0.25, 0.3) is 0 Å². The first-order chi connectivity index (χ1) is 14.1. The van der Waals surface area contributed by atoms with E-state index in [2.05, 4.69) is 32.9 Å². The van der Waals surface area contributed by atoms with Crippen LogP contribution in [-0.2, 0) is 11.2 Å². The van der Waals surface area contributed by atoms with Crippen LogP contribution in [0, 0.1) is 6.92 Å². The normalized spacial score (nSPS) is 12.8. The zero-order valence-electron chi connectivity index (χ0n) is 19.5. The van der Waals surface area contributed by atoms with E-state index in [9.17, 15) is 15.0 Å². The number of benzene rings is 1. The number of carbonyl (C=O) groups excluding carboxylic acids is 1. The smallest absolute Gasteiger partial charge is 0.159 e. The standard InChI is InChI=1S/C27H38O3/c1-19(2)9-7-10-20(3)11-8-12-21(4)15-25(28)16-22(5)13-14-24-18-26(29)17-23(6)27(24)30/h9,11,13,15,17-18,29-30H,7-8,10,12,14,16H2,1-6H3/b20-11+,21-15+,22-13+. The van der Waals surface area contributed by atoms with Crippen LogP contribution in [-0.4, -0.2) is 16.0 Å². The van der Waals surface area contributed by atoms with E-state index in [1.807, 2.05) is 19.9 Å². The van der Waals surface area contributed by atoms with Crippen LogP contribution in [0.15, 0.2) is 58.7 Å². The maximum Gasteiger partial charge on any atom is 0.159 e. The van der Waals surface area contributed by atoms with Crippen molar-refractivity contribution in [3.63, 3.8) is 0 Å². The van der Waals surface area contributed by atoms with Crippen molar-refractivity contribution in [2.45, 2.75) is 80.1 Å². The van der Waals surface area contributed by atoms with Crippen molar-refractivity contribution in [1.29, 1.82) is 0 Å². The molecule has 30 heavy (non-hydrogen) atoms. The van der Waals surface area contributed by atoms with E-state index < -0.39 is 0 Å². The quantitative estimate of drug-likeness (QED) is 0.229. The van der Waals surface area contributed by atoms with E-state index in [1.165, 1.54) is 17.2 Å². The predicted octanol–water partition coefficient (Wildman–Crippen LogP) is 7.27. The number of carbonyl (C=O) groups is 1.